The van der Waals surface area contributed by atoms with E-state index in [2.05, 4.69) is 44.0 Å². The van der Waals surface area contributed by atoms with Crippen LogP contribution in [-0.4, -0.2) is 124 Å². The number of alkyl carbamates (subject to hydrolysis) is 1. The summed E-state index contributed by atoms with van der Waals surface area (Å²) in [7, 11) is 1.17. The molecular formula is C53H64N8O16. The van der Waals surface area contributed by atoms with Gasteiger partial charge in [0.15, 0.2) is 0 Å². The van der Waals surface area contributed by atoms with Crippen LogP contribution in [0.5, 0.6) is 5.75 Å². The Balaban J connectivity index is 1.05. The van der Waals surface area contributed by atoms with Crippen molar-refractivity contribution in [1.29, 1.82) is 0 Å². The number of nitro groups is 1. The predicted octanol–water partition coefficient (Wildman–Crippen LogP) is 4.72. The molecule has 0 aliphatic heterocycles. The Labute approximate surface area is 443 Å². The molecule has 0 aromatic heterocycles. The van der Waals surface area contributed by atoms with Crippen LogP contribution in [0.25, 0.3) is 11.1 Å². The molecule has 0 spiro atoms. The molecule has 0 heterocycles. The number of esters is 1. The largest absolute Gasteiger partial charge is 0.514 e. The topological polar surface area (TPSA) is 333 Å². The molecule has 0 bridgehead atoms. The van der Waals surface area contributed by atoms with Crippen LogP contribution >= 0.6 is 0 Å². The number of rotatable bonds is 30. The number of methoxy groups -OCH3 is 1. The molecule has 8 N–H and O–H groups in total. The average Bonchev–Trinajstić information content (AvgIpc) is 3.73. The molecule has 24 heteroatoms. The number of non-ortho nitro benzene ring substituents is 1. The highest BCUT2D eigenvalue weighted by atomic mass is 16.7. The second-order valence-electron chi connectivity index (χ2n) is 17.8. The van der Waals surface area contributed by atoms with E-state index in [1.165, 1.54) is 43.5 Å². The van der Waals surface area contributed by atoms with Crippen LogP contribution < -0.4 is 42.4 Å². The minimum Gasteiger partial charge on any atom is -0.469 e. The van der Waals surface area contributed by atoms with Crippen molar-refractivity contribution in [2.45, 2.75) is 76.6 Å². The number of fused-ring (bicyclic) bond motifs is 3. The minimum absolute atomic E-state index is 0.0201. The summed E-state index contributed by atoms with van der Waals surface area (Å²) in [6, 6.07) is 22.6. The summed E-state index contributed by atoms with van der Waals surface area (Å²) in [6.07, 6.45) is -2.00. The molecule has 4 aromatic rings. The minimum atomic E-state index is -1.28. The van der Waals surface area contributed by atoms with Gasteiger partial charge >= 0.3 is 24.2 Å². The molecule has 0 saturated carbocycles. The number of carbonyl (C=O) groups is 8. The van der Waals surface area contributed by atoms with Crippen molar-refractivity contribution in [2.75, 3.05) is 58.6 Å². The number of nitrogens with one attached hydrogen (secondary N) is 6. The first-order valence-corrected chi connectivity index (χ1v) is 24.8. The second kappa shape index (κ2) is 30.7. The number of hydrogen-bond donors (Lipinski definition) is 7. The van der Waals surface area contributed by atoms with Crippen LogP contribution in [0.3, 0.4) is 0 Å². The van der Waals surface area contributed by atoms with E-state index in [1.54, 1.807) is 26.0 Å². The summed E-state index contributed by atoms with van der Waals surface area (Å²) in [6.45, 7) is 3.94. The third-order valence-corrected chi connectivity index (χ3v) is 11.9. The molecule has 0 radical (unpaired) electrons. The Morgan fingerprint density at radius 2 is 1.31 bits per heavy atom. The van der Waals surface area contributed by atoms with E-state index in [0.29, 0.717) is 11.3 Å². The Kier molecular flexibility index (Phi) is 23.6. The standard InChI is InChI=1S/C53H64N8O16/c1-33(2)47(50(66)59-43(13-8-25-55-51(54)67)48(64)57-35-16-14-34(15-17-35)31-76-53(69)77-37-20-18-36(19-21-37)61(70)71)60-49(65)44(22-23-46(63)72-3)58-45(62)24-27-73-29-30-74-28-26-56-52(68)75-32-42-40-11-6-4-9-38(40)39-10-5-7-12-41(39)42/h4-7,9-12,14-21,33,42-44,47H,8,13,22-32H2,1-3H3,(H,56,68)(H,57,64)(H,58,62)(H,59,66)(H,60,65)(H3,54,55,67)/t43-,44-,47-/m0/s1. The van der Waals surface area contributed by atoms with Gasteiger partial charge in [0.05, 0.1) is 38.5 Å². The van der Waals surface area contributed by atoms with Crippen molar-refractivity contribution in [2.24, 2.45) is 11.7 Å². The average molecular weight is 1070 g/mol. The van der Waals surface area contributed by atoms with Crippen LogP contribution in [0.15, 0.2) is 97.1 Å². The molecule has 7 amide bonds. The summed E-state index contributed by atoms with van der Waals surface area (Å²) < 4.78 is 31.5. The molecular weight excluding hydrogens is 1000 g/mol. The van der Waals surface area contributed by atoms with Gasteiger partial charge in [0, 0.05) is 49.7 Å². The maximum absolute atomic E-state index is 13.9. The van der Waals surface area contributed by atoms with Gasteiger partial charge in [-0.05, 0) is 77.3 Å². The Bertz CT molecular complexity index is 2620. The summed E-state index contributed by atoms with van der Waals surface area (Å²) in [5.41, 5.74) is 10.3. The van der Waals surface area contributed by atoms with Crippen molar-refractivity contribution in [3.63, 3.8) is 0 Å². The lowest BCUT2D eigenvalue weighted by Crippen LogP contribution is -2.58. The van der Waals surface area contributed by atoms with E-state index in [4.69, 9.17) is 34.2 Å². The van der Waals surface area contributed by atoms with Crippen molar-refractivity contribution >= 4 is 59.3 Å². The lowest BCUT2D eigenvalue weighted by molar-refractivity contribution is -0.384. The molecule has 412 valence electrons. The molecule has 1 aliphatic rings. The first-order valence-electron chi connectivity index (χ1n) is 24.8. The molecule has 24 nitrogen and oxygen atoms in total. The van der Waals surface area contributed by atoms with E-state index < -0.39 is 76.8 Å². The van der Waals surface area contributed by atoms with Crippen LogP contribution in [0.4, 0.5) is 25.8 Å². The number of carbonyl (C=O) groups excluding carboxylic acids is 8. The van der Waals surface area contributed by atoms with Gasteiger partial charge in [0.1, 0.15) is 37.1 Å². The van der Waals surface area contributed by atoms with Crippen molar-refractivity contribution in [1.82, 2.24) is 26.6 Å². The first-order chi connectivity index (χ1) is 37.0. The van der Waals surface area contributed by atoms with E-state index in [0.717, 1.165) is 22.3 Å². The lowest BCUT2D eigenvalue weighted by Gasteiger charge is -2.27. The normalized spacial score (nSPS) is 12.6. The molecule has 77 heavy (non-hydrogen) atoms. The highest BCUT2D eigenvalue weighted by molar-refractivity contribution is 5.99. The highest BCUT2D eigenvalue weighted by Gasteiger charge is 2.32. The number of anilines is 1. The van der Waals surface area contributed by atoms with Gasteiger partial charge < -0.3 is 66.1 Å². The number of urea groups is 1. The van der Waals surface area contributed by atoms with Gasteiger partial charge in [0.2, 0.25) is 23.6 Å². The SMILES string of the molecule is COC(=O)CC[C@H](NC(=O)CCOCCOCCNC(=O)OCC1c2ccccc2-c2ccccc21)C(=O)N[C@H](C(=O)N[C@@H](CCCNC(N)=O)C(=O)Nc1ccc(COC(=O)Oc2ccc([N+](=O)[O-])cc2)cc1)C(C)C. The number of nitro benzene ring substituents is 1. The smallest absolute Gasteiger partial charge is 0.469 e. The fraction of sp³-hybridized carbons (Fsp3) is 0.396. The van der Waals surface area contributed by atoms with Gasteiger partial charge in [0.25, 0.3) is 5.69 Å². The summed E-state index contributed by atoms with van der Waals surface area (Å²) >= 11 is 0. The third kappa shape index (κ3) is 19.5. The zero-order chi connectivity index (χ0) is 55.7. The summed E-state index contributed by atoms with van der Waals surface area (Å²) in [5.74, 6) is -3.98. The van der Waals surface area contributed by atoms with E-state index in [-0.39, 0.29) is 102 Å². The van der Waals surface area contributed by atoms with Gasteiger partial charge in [-0.2, -0.15) is 0 Å². The van der Waals surface area contributed by atoms with E-state index in [1.807, 2.05) is 36.4 Å². The van der Waals surface area contributed by atoms with Crippen LogP contribution in [0.1, 0.15) is 68.6 Å². The predicted molar refractivity (Wildman–Crippen MR) is 277 cm³/mol. The molecule has 0 unspecified atom stereocenters. The summed E-state index contributed by atoms with van der Waals surface area (Å²) in [4.78, 5) is 113. The number of nitrogens with zero attached hydrogens (tertiary/aromatic N) is 1. The van der Waals surface area contributed by atoms with Crippen molar-refractivity contribution in [3.05, 3.63) is 124 Å². The fourth-order valence-electron chi connectivity index (χ4n) is 7.92. The van der Waals surface area contributed by atoms with Crippen molar-refractivity contribution in [3.8, 4) is 16.9 Å². The van der Waals surface area contributed by atoms with Gasteiger partial charge in [-0.1, -0.05) is 74.5 Å². The highest BCUT2D eigenvalue weighted by Crippen LogP contribution is 2.44. The van der Waals surface area contributed by atoms with Crippen molar-refractivity contribution < 1.29 is 71.7 Å². The molecule has 4 aromatic carbocycles. The molecule has 0 saturated heterocycles. The molecule has 0 fully saturated rings. The first kappa shape index (κ1) is 59.2. The van der Waals surface area contributed by atoms with Crippen LogP contribution in [0, 0.1) is 16.0 Å². The number of benzene rings is 4. The molecule has 5 rings (SSSR count). The molecule has 3 atom stereocenters. The molecule has 1 aliphatic carbocycles. The Morgan fingerprint density at radius 3 is 1.94 bits per heavy atom. The number of hydrogen-bond acceptors (Lipinski definition) is 16. The zero-order valence-electron chi connectivity index (χ0n) is 42.9. The third-order valence-electron chi connectivity index (χ3n) is 11.9. The van der Waals surface area contributed by atoms with E-state index >= 15 is 0 Å². The Hall–Kier alpha value is -8.64. The lowest BCUT2D eigenvalue weighted by atomic mass is 9.98. The number of nitrogens with two attached hydrogens (primary N) is 1. The maximum Gasteiger partial charge on any atom is 0.514 e. The van der Waals surface area contributed by atoms with Gasteiger partial charge in [-0.15, -0.1) is 0 Å². The van der Waals surface area contributed by atoms with E-state index in [9.17, 15) is 48.5 Å². The second-order valence-corrected chi connectivity index (χ2v) is 17.8. The number of primary amides is 1. The monoisotopic (exact) mass is 1070 g/mol. The maximum atomic E-state index is 13.9. The van der Waals surface area contributed by atoms with Gasteiger partial charge in [-0.25, -0.2) is 14.4 Å². The number of ether oxygens (including phenoxy) is 6. The van der Waals surface area contributed by atoms with Crippen LogP contribution in [-0.2, 0) is 54.3 Å². The van der Waals surface area contributed by atoms with Gasteiger partial charge in [-0.3, -0.25) is 34.1 Å². The fourth-order valence-corrected chi connectivity index (χ4v) is 7.92. The zero-order valence-corrected chi connectivity index (χ0v) is 42.9. The Morgan fingerprint density at radius 1 is 0.675 bits per heavy atom. The quantitative estimate of drug-likeness (QED) is 0.00927. The summed E-state index contributed by atoms with van der Waals surface area (Å²) in [5, 5.41) is 26.6. The number of amides is 7. The van der Waals surface area contributed by atoms with Crippen LogP contribution in [0.2, 0.25) is 0 Å².